The predicted octanol–water partition coefficient (Wildman–Crippen LogP) is 2.49. The number of hydrogen-bond donors (Lipinski definition) is 0. The van der Waals surface area contributed by atoms with E-state index in [0.29, 0.717) is 0 Å². The van der Waals surface area contributed by atoms with Gasteiger partial charge in [0.25, 0.3) is 10.0 Å². The SMILES string of the molecule is O=S(=O)(/C=C/c1cccc(Br)c1)n1ccnc1. The smallest absolute Gasteiger partial charge is 0.244 e. The van der Waals surface area contributed by atoms with Crippen molar-refractivity contribution in [1.29, 1.82) is 0 Å². The zero-order chi connectivity index (χ0) is 12.3. The molecule has 0 spiro atoms. The van der Waals surface area contributed by atoms with E-state index < -0.39 is 10.0 Å². The first-order valence-corrected chi connectivity index (χ1v) is 7.05. The van der Waals surface area contributed by atoms with Gasteiger partial charge in [0.15, 0.2) is 0 Å². The van der Waals surface area contributed by atoms with E-state index >= 15 is 0 Å². The molecule has 2 aromatic rings. The Hall–Kier alpha value is -1.40. The molecule has 1 aromatic heterocycles. The van der Waals surface area contributed by atoms with Crippen molar-refractivity contribution in [2.24, 2.45) is 0 Å². The van der Waals surface area contributed by atoms with Gasteiger partial charge in [0, 0.05) is 16.9 Å². The molecule has 0 bridgehead atoms. The lowest BCUT2D eigenvalue weighted by Gasteiger charge is -1.98. The van der Waals surface area contributed by atoms with Gasteiger partial charge in [-0.3, -0.25) is 0 Å². The molecule has 0 aliphatic carbocycles. The summed E-state index contributed by atoms with van der Waals surface area (Å²) in [5, 5.41) is 1.15. The van der Waals surface area contributed by atoms with Crippen LogP contribution in [-0.4, -0.2) is 17.4 Å². The maximum absolute atomic E-state index is 11.8. The number of aromatic nitrogens is 2. The van der Waals surface area contributed by atoms with Crippen LogP contribution >= 0.6 is 15.9 Å². The van der Waals surface area contributed by atoms with E-state index in [1.165, 1.54) is 18.7 Å². The number of rotatable bonds is 3. The van der Waals surface area contributed by atoms with Crippen molar-refractivity contribution < 1.29 is 8.42 Å². The molecular formula is C11H9BrN2O2S. The summed E-state index contributed by atoms with van der Waals surface area (Å²) < 4.78 is 25.5. The molecule has 1 heterocycles. The molecule has 0 aliphatic rings. The van der Waals surface area contributed by atoms with Gasteiger partial charge in [0.1, 0.15) is 6.33 Å². The Morgan fingerprint density at radius 3 is 2.82 bits per heavy atom. The van der Waals surface area contributed by atoms with E-state index in [4.69, 9.17) is 0 Å². The minimum Gasteiger partial charge on any atom is -0.244 e. The van der Waals surface area contributed by atoms with Crippen molar-refractivity contribution in [3.05, 3.63) is 58.4 Å². The summed E-state index contributed by atoms with van der Waals surface area (Å²) in [6, 6.07) is 7.37. The quantitative estimate of drug-likeness (QED) is 0.875. The number of imidazole rings is 1. The van der Waals surface area contributed by atoms with E-state index in [-0.39, 0.29) is 0 Å². The van der Waals surface area contributed by atoms with Gasteiger partial charge in [-0.2, -0.15) is 0 Å². The third-order valence-corrected chi connectivity index (χ3v) is 3.83. The van der Waals surface area contributed by atoms with E-state index in [1.807, 2.05) is 24.3 Å². The van der Waals surface area contributed by atoms with Crippen LogP contribution in [0, 0.1) is 0 Å². The summed E-state index contributed by atoms with van der Waals surface area (Å²) >= 11 is 3.32. The topological polar surface area (TPSA) is 52.0 Å². The number of nitrogens with zero attached hydrogens (tertiary/aromatic N) is 2. The molecule has 0 unspecified atom stereocenters. The molecule has 0 radical (unpaired) electrons. The number of hydrogen-bond acceptors (Lipinski definition) is 3. The first kappa shape index (κ1) is 12.1. The zero-order valence-corrected chi connectivity index (χ0v) is 11.1. The van der Waals surface area contributed by atoms with E-state index in [1.54, 1.807) is 6.08 Å². The second kappa shape index (κ2) is 4.85. The summed E-state index contributed by atoms with van der Waals surface area (Å²) in [4.78, 5) is 3.70. The van der Waals surface area contributed by atoms with Crippen molar-refractivity contribution in [1.82, 2.24) is 8.96 Å². The lowest BCUT2D eigenvalue weighted by molar-refractivity contribution is 0.596. The summed E-state index contributed by atoms with van der Waals surface area (Å²) in [6.07, 6.45) is 5.60. The first-order valence-electron chi connectivity index (χ1n) is 4.75. The molecule has 17 heavy (non-hydrogen) atoms. The molecule has 0 amide bonds. The zero-order valence-electron chi connectivity index (χ0n) is 8.69. The average Bonchev–Trinajstić information content (AvgIpc) is 2.81. The van der Waals surface area contributed by atoms with E-state index in [0.717, 1.165) is 19.4 Å². The minimum atomic E-state index is -3.47. The fraction of sp³-hybridized carbons (Fsp3) is 0. The molecule has 0 fully saturated rings. The first-order chi connectivity index (χ1) is 8.08. The third kappa shape index (κ3) is 3.04. The normalized spacial score (nSPS) is 12.1. The largest absolute Gasteiger partial charge is 0.262 e. The lowest BCUT2D eigenvalue weighted by atomic mass is 10.2. The molecule has 0 atom stereocenters. The second-order valence-electron chi connectivity index (χ2n) is 3.30. The standard InChI is InChI=1S/C11H9BrN2O2S/c12-11-3-1-2-10(8-11)4-7-17(15,16)14-6-5-13-9-14/h1-9H/b7-4+. The van der Waals surface area contributed by atoms with Crippen LogP contribution in [0.5, 0.6) is 0 Å². The van der Waals surface area contributed by atoms with Gasteiger partial charge in [0.05, 0.1) is 5.41 Å². The minimum absolute atomic E-state index is 0.808. The molecule has 6 heteroatoms. The summed E-state index contributed by atoms with van der Waals surface area (Å²) in [5.74, 6) is 0. The highest BCUT2D eigenvalue weighted by atomic mass is 79.9. The van der Waals surface area contributed by atoms with Gasteiger partial charge in [-0.05, 0) is 23.8 Å². The van der Waals surface area contributed by atoms with Crippen molar-refractivity contribution in [3.63, 3.8) is 0 Å². The summed E-state index contributed by atoms with van der Waals surface area (Å²) in [6.45, 7) is 0. The average molecular weight is 313 g/mol. The van der Waals surface area contributed by atoms with Gasteiger partial charge in [-0.15, -0.1) is 0 Å². The Morgan fingerprint density at radius 1 is 1.35 bits per heavy atom. The van der Waals surface area contributed by atoms with E-state index in [9.17, 15) is 8.42 Å². The molecule has 2 rings (SSSR count). The van der Waals surface area contributed by atoms with Crippen LogP contribution in [0.15, 0.2) is 52.9 Å². The Kier molecular flexibility index (Phi) is 3.44. The molecule has 0 saturated carbocycles. The molecule has 0 N–H and O–H groups in total. The predicted molar refractivity (Wildman–Crippen MR) is 69.7 cm³/mol. The molecule has 0 aliphatic heterocycles. The molecule has 88 valence electrons. The maximum Gasteiger partial charge on any atom is 0.262 e. The fourth-order valence-electron chi connectivity index (χ4n) is 1.24. The van der Waals surface area contributed by atoms with Crippen LogP contribution in [0.1, 0.15) is 5.56 Å². The number of halogens is 1. The van der Waals surface area contributed by atoms with Crippen molar-refractivity contribution in [3.8, 4) is 0 Å². The summed E-state index contributed by atoms with van der Waals surface area (Å²) in [7, 11) is -3.47. The van der Waals surface area contributed by atoms with Gasteiger partial charge in [-0.25, -0.2) is 17.4 Å². The van der Waals surface area contributed by atoms with Crippen molar-refractivity contribution in [2.45, 2.75) is 0 Å². The Labute approximate surface area is 108 Å². The lowest BCUT2D eigenvalue weighted by Crippen LogP contribution is -2.05. The molecule has 4 nitrogen and oxygen atoms in total. The van der Waals surface area contributed by atoms with Crippen LogP contribution in [-0.2, 0) is 10.0 Å². The summed E-state index contributed by atoms with van der Waals surface area (Å²) in [5.41, 5.74) is 0.808. The molecule has 1 aromatic carbocycles. The van der Waals surface area contributed by atoms with Crippen molar-refractivity contribution in [2.75, 3.05) is 0 Å². The second-order valence-corrected chi connectivity index (χ2v) is 5.93. The highest BCUT2D eigenvalue weighted by Crippen LogP contribution is 2.13. The maximum atomic E-state index is 11.8. The van der Waals surface area contributed by atoms with Crippen molar-refractivity contribution >= 4 is 32.0 Å². The van der Waals surface area contributed by atoms with E-state index in [2.05, 4.69) is 20.9 Å². The molecular weight excluding hydrogens is 304 g/mol. The van der Waals surface area contributed by atoms with Crippen LogP contribution < -0.4 is 0 Å². The Bertz CT molecular complexity index is 633. The number of benzene rings is 1. The van der Waals surface area contributed by atoms with Gasteiger partial charge < -0.3 is 0 Å². The van der Waals surface area contributed by atoms with Gasteiger partial charge in [0.2, 0.25) is 0 Å². The monoisotopic (exact) mass is 312 g/mol. The van der Waals surface area contributed by atoms with Crippen LogP contribution in [0.3, 0.4) is 0 Å². The van der Waals surface area contributed by atoms with Crippen LogP contribution in [0.25, 0.3) is 6.08 Å². The van der Waals surface area contributed by atoms with Crippen LogP contribution in [0.4, 0.5) is 0 Å². The Morgan fingerprint density at radius 2 is 2.18 bits per heavy atom. The highest BCUT2D eigenvalue weighted by molar-refractivity contribution is 9.10. The van der Waals surface area contributed by atoms with Gasteiger partial charge >= 0.3 is 0 Å². The highest BCUT2D eigenvalue weighted by Gasteiger charge is 2.06. The fourth-order valence-corrected chi connectivity index (χ4v) is 2.54. The molecule has 0 saturated heterocycles. The van der Waals surface area contributed by atoms with Crippen LogP contribution in [0.2, 0.25) is 0 Å². The van der Waals surface area contributed by atoms with Gasteiger partial charge in [-0.1, -0.05) is 28.1 Å². The third-order valence-electron chi connectivity index (χ3n) is 2.06. The Balaban J connectivity index is 2.28.